The highest BCUT2D eigenvalue weighted by Gasteiger charge is 2.16. The molecule has 0 heterocycles. The van der Waals surface area contributed by atoms with Crippen molar-refractivity contribution in [2.24, 2.45) is 10.9 Å². The summed E-state index contributed by atoms with van der Waals surface area (Å²) >= 11 is 0. The van der Waals surface area contributed by atoms with E-state index in [4.69, 9.17) is 10.9 Å². The van der Waals surface area contributed by atoms with Crippen LogP contribution in [0.4, 0.5) is 4.39 Å². The minimum absolute atomic E-state index is 0.132. The smallest absolute Gasteiger partial charge is 0.170 e. The molecule has 1 aromatic carbocycles. The van der Waals surface area contributed by atoms with E-state index >= 15 is 0 Å². The molecule has 1 aromatic rings. The molecule has 0 saturated heterocycles. The predicted molar refractivity (Wildman–Crippen MR) is 71.5 cm³/mol. The summed E-state index contributed by atoms with van der Waals surface area (Å²) in [5.41, 5.74) is 5.35. The lowest BCUT2D eigenvalue weighted by Crippen LogP contribution is -2.36. The maximum absolute atomic E-state index is 13.8. The molecule has 1 unspecified atom stereocenters. The van der Waals surface area contributed by atoms with E-state index in [9.17, 15) is 9.50 Å². The highest BCUT2D eigenvalue weighted by Crippen LogP contribution is 2.11. The number of rotatable bonds is 6. The first-order valence-corrected chi connectivity index (χ1v) is 6.09. The van der Waals surface area contributed by atoms with Crippen LogP contribution in [0.5, 0.6) is 0 Å². The minimum atomic E-state index is -0.801. The second-order valence-electron chi connectivity index (χ2n) is 4.75. The van der Waals surface area contributed by atoms with Crippen molar-refractivity contribution >= 4 is 5.84 Å². The molecule has 5 N–H and O–H groups in total. The Balaban J connectivity index is 2.66. The summed E-state index contributed by atoms with van der Waals surface area (Å²) in [5.74, 6) is -0.569. The summed E-state index contributed by atoms with van der Waals surface area (Å²) in [5, 5.41) is 24.1. The van der Waals surface area contributed by atoms with E-state index < -0.39 is 11.4 Å². The van der Waals surface area contributed by atoms with Crippen LogP contribution < -0.4 is 11.1 Å². The lowest BCUT2D eigenvalue weighted by atomic mass is 10.0. The van der Waals surface area contributed by atoms with Gasteiger partial charge in [0.1, 0.15) is 5.82 Å². The van der Waals surface area contributed by atoms with Gasteiger partial charge in [-0.25, -0.2) is 4.39 Å². The van der Waals surface area contributed by atoms with E-state index in [2.05, 4.69) is 10.5 Å². The third-order valence-corrected chi connectivity index (χ3v) is 3.04. The molecule has 0 amide bonds. The van der Waals surface area contributed by atoms with Crippen molar-refractivity contribution in [2.45, 2.75) is 32.4 Å². The van der Waals surface area contributed by atoms with E-state index in [-0.39, 0.29) is 5.84 Å². The van der Waals surface area contributed by atoms with Crippen LogP contribution in [0.25, 0.3) is 0 Å². The van der Waals surface area contributed by atoms with Gasteiger partial charge in [0.05, 0.1) is 5.60 Å². The first kappa shape index (κ1) is 15.4. The number of nitrogens with one attached hydrogen (secondary N) is 1. The summed E-state index contributed by atoms with van der Waals surface area (Å²) in [6.45, 7) is 4.29. The highest BCUT2D eigenvalue weighted by molar-refractivity contribution is 5.97. The zero-order chi connectivity index (χ0) is 14.5. The molecule has 1 atom stereocenters. The monoisotopic (exact) mass is 269 g/mol. The molecule has 0 aromatic heterocycles. The third-order valence-electron chi connectivity index (χ3n) is 3.04. The molecular weight excluding hydrogens is 249 g/mol. The Morgan fingerprint density at radius 3 is 2.74 bits per heavy atom. The van der Waals surface area contributed by atoms with Crippen molar-refractivity contribution in [3.05, 3.63) is 35.1 Å². The molecule has 5 nitrogen and oxygen atoms in total. The van der Waals surface area contributed by atoms with Gasteiger partial charge in [0.2, 0.25) is 0 Å². The minimum Gasteiger partial charge on any atom is -0.409 e. The van der Waals surface area contributed by atoms with Crippen molar-refractivity contribution in [2.75, 3.05) is 6.54 Å². The van der Waals surface area contributed by atoms with Crippen LogP contribution in [0.2, 0.25) is 0 Å². The van der Waals surface area contributed by atoms with E-state index in [0.29, 0.717) is 30.6 Å². The fourth-order valence-electron chi connectivity index (χ4n) is 1.50. The summed E-state index contributed by atoms with van der Waals surface area (Å²) in [4.78, 5) is 0. The number of nitrogens with two attached hydrogens (primary N) is 1. The average Bonchev–Trinajstić information content (AvgIpc) is 2.39. The molecule has 0 radical (unpaired) electrons. The SMILES string of the molecule is CCC(C)(O)CNCc1ccc(C(N)=NO)cc1F. The van der Waals surface area contributed by atoms with Gasteiger partial charge in [-0.05, 0) is 19.4 Å². The standard InChI is InChI=1S/C13H20FN3O2/c1-3-13(2,18)8-16-7-10-5-4-9(6-11(10)14)12(15)17-19/h4-6,16,18-19H,3,7-8H2,1-2H3,(H2,15,17). The van der Waals surface area contributed by atoms with E-state index in [1.165, 1.54) is 6.07 Å². The molecule has 19 heavy (non-hydrogen) atoms. The first-order chi connectivity index (χ1) is 8.89. The molecular formula is C13H20FN3O2. The molecule has 0 aliphatic heterocycles. The second-order valence-corrected chi connectivity index (χ2v) is 4.75. The first-order valence-electron chi connectivity index (χ1n) is 6.09. The molecule has 0 aliphatic rings. The average molecular weight is 269 g/mol. The second kappa shape index (κ2) is 6.49. The highest BCUT2D eigenvalue weighted by atomic mass is 19.1. The van der Waals surface area contributed by atoms with Crippen molar-refractivity contribution in [1.82, 2.24) is 5.32 Å². The lowest BCUT2D eigenvalue weighted by molar-refractivity contribution is 0.0555. The molecule has 0 aliphatic carbocycles. The molecule has 0 bridgehead atoms. The Morgan fingerprint density at radius 1 is 1.53 bits per heavy atom. The Labute approximate surface area is 111 Å². The lowest BCUT2D eigenvalue weighted by Gasteiger charge is -2.21. The number of hydrogen-bond acceptors (Lipinski definition) is 4. The Bertz CT molecular complexity index is 461. The van der Waals surface area contributed by atoms with E-state index in [1.54, 1.807) is 19.1 Å². The molecule has 0 saturated carbocycles. The van der Waals surface area contributed by atoms with Gasteiger partial charge in [0, 0.05) is 24.2 Å². The molecule has 0 spiro atoms. The topological polar surface area (TPSA) is 90.9 Å². The van der Waals surface area contributed by atoms with Gasteiger partial charge in [-0.15, -0.1) is 0 Å². The number of aliphatic hydroxyl groups is 1. The van der Waals surface area contributed by atoms with Crippen LogP contribution in [-0.4, -0.2) is 28.3 Å². The van der Waals surface area contributed by atoms with Crippen molar-refractivity contribution < 1.29 is 14.7 Å². The fourth-order valence-corrected chi connectivity index (χ4v) is 1.50. The maximum atomic E-state index is 13.8. The summed E-state index contributed by atoms with van der Waals surface area (Å²) in [6.07, 6.45) is 0.616. The van der Waals surface area contributed by atoms with Crippen LogP contribution in [0, 0.1) is 5.82 Å². The normalized spacial score (nSPS) is 15.3. The van der Waals surface area contributed by atoms with Crippen molar-refractivity contribution in [3.8, 4) is 0 Å². The fraction of sp³-hybridized carbons (Fsp3) is 0.462. The van der Waals surface area contributed by atoms with E-state index in [1.807, 2.05) is 6.92 Å². The van der Waals surface area contributed by atoms with Gasteiger partial charge in [-0.3, -0.25) is 0 Å². The summed E-state index contributed by atoms with van der Waals surface area (Å²) in [6, 6.07) is 4.35. The number of amidine groups is 1. The third kappa shape index (κ3) is 4.50. The zero-order valence-corrected chi connectivity index (χ0v) is 11.2. The Morgan fingerprint density at radius 2 is 2.21 bits per heavy atom. The van der Waals surface area contributed by atoms with Gasteiger partial charge in [0.25, 0.3) is 0 Å². The van der Waals surface area contributed by atoms with Gasteiger partial charge in [-0.1, -0.05) is 24.2 Å². The number of halogens is 1. The number of oxime groups is 1. The van der Waals surface area contributed by atoms with Crippen LogP contribution in [-0.2, 0) is 6.54 Å². The van der Waals surface area contributed by atoms with Crippen molar-refractivity contribution in [3.63, 3.8) is 0 Å². The van der Waals surface area contributed by atoms with Crippen molar-refractivity contribution in [1.29, 1.82) is 0 Å². The van der Waals surface area contributed by atoms with Gasteiger partial charge in [-0.2, -0.15) is 0 Å². The van der Waals surface area contributed by atoms with Gasteiger partial charge in [0.15, 0.2) is 5.84 Å². The molecule has 6 heteroatoms. The Hall–Kier alpha value is -1.66. The number of hydrogen-bond donors (Lipinski definition) is 4. The van der Waals surface area contributed by atoms with Crippen LogP contribution in [0.15, 0.2) is 23.4 Å². The van der Waals surface area contributed by atoms with Crippen LogP contribution in [0.3, 0.4) is 0 Å². The number of nitrogens with zero attached hydrogens (tertiary/aromatic N) is 1. The van der Waals surface area contributed by atoms with Crippen LogP contribution >= 0.6 is 0 Å². The Kier molecular flexibility index (Phi) is 5.26. The van der Waals surface area contributed by atoms with Gasteiger partial charge < -0.3 is 21.4 Å². The maximum Gasteiger partial charge on any atom is 0.170 e. The molecule has 0 fully saturated rings. The largest absolute Gasteiger partial charge is 0.409 e. The predicted octanol–water partition coefficient (Wildman–Crippen LogP) is 1.17. The van der Waals surface area contributed by atoms with Crippen LogP contribution in [0.1, 0.15) is 31.4 Å². The number of benzene rings is 1. The molecule has 106 valence electrons. The molecule has 1 rings (SSSR count). The zero-order valence-electron chi connectivity index (χ0n) is 11.2. The van der Waals surface area contributed by atoms with E-state index in [0.717, 1.165) is 0 Å². The van der Waals surface area contributed by atoms with Gasteiger partial charge >= 0.3 is 0 Å². The quantitative estimate of drug-likeness (QED) is 0.270. The summed E-state index contributed by atoms with van der Waals surface area (Å²) < 4.78 is 13.8. The summed E-state index contributed by atoms with van der Waals surface area (Å²) in [7, 11) is 0.